The van der Waals surface area contributed by atoms with Crippen LogP contribution in [0.1, 0.15) is 30.9 Å². The fraction of sp³-hybridized carbons (Fsp3) is 0.458. The summed E-state index contributed by atoms with van der Waals surface area (Å²) in [6.07, 6.45) is 1.90. The molecular weight excluding hydrogens is 435 g/mol. The molecule has 2 aromatic carbocycles. The van der Waals surface area contributed by atoms with Crippen molar-refractivity contribution >= 4 is 30.8 Å². The first-order valence-corrected chi connectivity index (χ1v) is 10.4. The second-order valence-corrected chi connectivity index (χ2v) is 7.89. The number of ether oxygens (including phenoxy) is 1. The Bertz CT molecular complexity index is 725. The summed E-state index contributed by atoms with van der Waals surface area (Å²) >= 11 is 0. The number of benzene rings is 2. The van der Waals surface area contributed by atoms with E-state index in [4.69, 9.17) is 4.74 Å². The molecule has 0 saturated carbocycles. The summed E-state index contributed by atoms with van der Waals surface area (Å²) in [4.78, 5) is 17.8. The molecule has 1 unspecified atom stereocenters. The molecule has 0 amide bonds. The summed E-state index contributed by atoms with van der Waals surface area (Å²) in [6, 6.07) is 18.6. The maximum absolute atomic E-state index is 13.0. The van der Waals surface area contributed by atoms with E-state index in [9.17, 15) is 9.90 Å². The quantitative estimate of drug-likeness (QED) is 0.495. The van der Waals surface area contributed by atoms with Crippen LogP contribution in [0.25, 0.3) is 0 Å². The van der Waals surface area contributed by atoms with Crippen LogP contribution < -0.4 is 0 Å². The van der Waals surface area contributed by atoms with Crippen molar-refractivity contribution in [3.8, 4) is 0 Å². The maximum Gasteiger partial charge on any atom is 0.347 e. The largest absolute Gasteiger partial charge is 0.463 e. The van der Waals surface area contributed by atoms with Crippen LogP contribution in [-0.4, -0.2) is 66.8 Å². The zero-order valence-corrected chi connectivity index (χ0v) is 19.9. The Labute approximate surface area is 198 Å². The SMILES string of the molecule is CC1CCN(CCCOC(=O)C(O)(c2ccccc2)c2ccccc2)CCN1C.Cl.Cl. The number of esters is 1. The number of likely N-dealkylation sites (N-methyl/N-ethyl adjacent to an activating group) is 1. The highest BCUT2D eigenvalue weighted by Gasteiger charge is 2.41. The van der Waals surface area contributed by atoms with E-state index in [1.165, 1.54) is 0 Å². The van der Waals surface area contributed by atoms with Gasteiger partial charge in [-0.2, -0.15) is 0 Å². The summed E-state index contributed by atoms with van der Waals surface area (Å²) in [6.45, 7) is 6.61. The van der Waals surface area contributed by atoms with Gasteiger partial charge in [-0.25, -0.2) is 4.79 Å². The van der Waals surface area contributed by atoms with Crippen LogP contribution in [0.15, 0.2) is 60.7 Å². The number of nitrogens with zero attached hydrogens (tertiary/aromatic N) is 2. The van der Waals surface area contributed by atoms with Gasteiger partial charge in [0.25, 0.3) is 0 Å². The number of carbonyl (C=O) groups is 1. The van der Waals surface area contributed by atoms with Crippen molar-refractivity contribution in [3.63, 3.8) is 0 Å². The Morgan fingerprint density at radius 3 is 2.10 bits per heavy atom. The van der Waals surface area contributed by atoms with Crippen LogP contribution in [0.5, 0.6) is 0 Å². The minimum atomic E-state index is -1.80. The van der Waals surface area contributed by atoms with Crippen molar-refractivity contribution < 1.29 is 14.6 Å². The maximum atomic E-state index is 13.0. The Morgan fingerprint density at radius 2 is 1.55 bits per heavy atom. The van der Waals surface area contributed by atoms with Crippen molar-refractivity contribution in [1.29, 1.82) is 0 Å². The van der Waals surface area contributed by atoms with E-state index >= 15 is 0 Å². The van der Waals surface area contributed by atoms with Gasteiger partial charge < -0.3 is 19.6 Å². The predicted molar refractivity (Wildman–Crippen MR) is 129 cm³/mol. The van der Waals surface area contributed by atoms with Gasteiger partial charge in [0.15, 0.2) is 0 Å². The average molecular weight is 469 g/mol. The van der Waals surface area contributed by atoms with Gasteiger partial charge in [-0.15, -0.1) is 24.8 Å². The van der Waals surface area contributed by atoms with Gasteiger partial charge in [-0.1, -0.05) is 60.7 Å². The van der Waals surface area contributed by atoms with E-state index < -0.39 is 11.6 Å². The fourth-order valence-corrected chi connectivity index (χ4v) is 3.76. The molecule has 1 atom stereocenters. The van der Waals surface area contributed by atoms with Gasteiger partial charge in [0.2, 0.25) is 5.60 Å². The number of hydrogen-bond acceptors (Lipinski definition) is 5. The zero-order valence-electron chi connectivity index (χ0n) is 18.3. The molecule has 0 spiro atoms. The first-order valence-electron chi connectivity index (χ1n) is 10.4. The molecule has 1 heterocycles. The van der Waals surface area contributed by atoms with Gasteiger partial charge in [0.1, 0.15) is 0 Å². The molecule has 1 saturated heterocycles. The Hall–Kier alpha value is -1.63. The Morgan fingerprint density at radius 1 is 1.00 bits per heavy atom. The summed E-state index contributed by atoms with van der Waals surface area (Å²) in [7, 11) is 2.17. The summed E-state index contributed by atoms with van der Waals surface area (Å²) in [5, 5.41) is 11.4. The minimum Gasteiger partial charge on any atom is -0.463 e. The summed E-state index contributed by atoms with van der Waals surface area (Å²) < 4.78 is 5.55. The highest BCUT2D eigenvalue weighted by atomic mass is 35.5. The van der Waals surface area contributed by atoms with E-state index in [0.29, 0.717) is 23.8 Å². The van der Waals surface area contributed by atoms with Gasteiger partial charge in [0, 0.05) is 25.7 Å². The lowest BCUT2D eigenvalue weighted by Gasteiger charge is -2.27. The lowest BCUT2D eigenvalue weighted by atomic mass is 9.86. The second-order valence-electron chi connectivity index (χ2n) is 7.89. The number of rotatable bonds is 7. The first-order chi connectivity index (χ1) is 14.0. The first kappa shape index (κ1) is 27.4. The van der Waals surface area contributed by atoms with E-state index in [0.717, 1.165) is 39.0 Å². The highest BCUT2D eigenvalue weighted by molar-refractivity contribution is 5.86. The third-order valence-electron chi connectivity index (χ3n) is 5.91. The molecule has 31 heavy (non-hydrogen) atoms. The smallest absolute Gasteiger partial charge is 0.347 e. The van der Waals surface area contributed by atoms with Crippen molar-refractivity contribution in [2.75, 3.05) is 39.8 Å². The monoisotopic (exact) mass is 468 g/mol. The van der Waals surface area contributed by atoms with Crippen LogP contribution >= 0.6 is 24.8 Å². The molecule has 1 aliphatic rings. The topological polar surface area (TPSA) is 53.0 Å². The molecule has 3 rings (SSSR count). The lowest BCUT2D eigenvalue weighted by Crippen LogP contribution is -2.39. The molecule has 0 aliphatic carbocycles. The predicted octanol–water partition coefficient (Wildman–Crippen LogP) is 3.73. The third-order valence-corrected chi connectivity index (χ3v) is 5.91. The lowest BCUT2D eigenvalue weighted by molar-refractivity contribution is -0.162. The summed E-state index contributed by atoms with van der Waals surface area (Å²) in [5.74, 6) is -0.626. The van der Waals surface area contributed by atoms with E-state index in [1.54, 1.807) is 24.3 Å². The standard InChI is InChI=1S/C24H32N2O3.2ClH/c1-20-14-16-26(18-17-25(20)2)15-9-19-29-23(27)24(28,21-10-5-3-6-11-21)22-12-7-4-8-13-22;;/h3-8,10-13,20,28H,9,14-19H2,1-2H3;2*1H. The fourth-order valence-electron chi connectivity index (χ4n) is 3.76. The molecule has 5 nitrogen and oxygen atoms in total. The molecule has 0 aromatic heterocycles. The van der Waals surface area contributed by atoms with Crippen molar-refractivity contribution in [3.05, 3.63) is 71.8 Å². The number of halogens is 2. The van der Waals surface area contributed by atoms with Crippen LogP contribution in [-0.2, 0) is 15.1 Å². The van der Waals surface area contributed by atoms with Crippen molar-refractivity contribution in [1.82, 2.24) is 9.80 Å². The molecule has 0 radical (unpaired) electrons. The van der Waals surface area contributed by atoms with Gasteiger partial charge in [-0.05, 0) is 44.5 Å². The number of carbonyl (C=O) groups excluding carboxylic acids is 1. The van der Waals surface area contributed by atoms with Crippen LogP contribution in [0, 0.1) is 0 Å². The van der Waals surface area contributed by atoms with E-state index in [2.05, 4.69) is 23.8 Å². The van der Waals surface area contributed by atoms with Crippen LogP contribution in [0.4, 0.5) is 0 Å². The average Bonchev–Trinajstić information content (AvgIpc) is 2.93. The van der Waals surface area contributed by atoms with Crippen molar-refractivity contribution in [2.24, 2.45) is 0 Å². The normalized spacial score (nSPS) is 17.7. The van der Waals surface area contributed by atoms with E-state index in [-0.39, 0.29) is 24.8 Å². The number of aliphatic hydroxyl groups is 1. The van der Waals surface area contributed by atoms with Crippen LogP contribution in [0.2, 0.25) is 0 Å². The molecule has 7 heteroatoms. The molecule has 172 valence electrons. The molecule has 1 N–H and O–H groups in total. The van der Waals surface area contributed by atoms with Crippen molar-refractivity contribution in [2.45, 2.75) is 31.4 Å². The second kappa shape index (κ2) is 13.0. The molecule has 1 aliphatic heterocycles. The molecule has 0 bridgehead atoms. The van der Waals surface area contributed by atoms with Gasteiger partial charge in [0.05, 0.1) is 6.61 Å². The molecule has 1 fully saturated rings. The number of hydrogen-bond donors (Lipinski definition) is 1. The summed E-state index contributed by atoms with van der Waals surface area (Å²) in [5.41, 5.74) is -0.773. The minimum absolute atomic E-state index is 0. The van der Waals surface area contributed by atoms with Gasteiger partial charge >= 0.3 is 5.97 Å². The highest BCUT2D eigenvalue weighted by Crippen LogP contribution is 2.31. The zero-order chi connectivity index (χ0) is 20.7. The van der Waals surface area contributed by atoms with Crippen LogP contribution in [0.3, 0.4) is 0 Å². The Kier molecular flexibility index (Phi) is 11.5. The molecular formula is C24H34Cl2N2O3. The Balaban J connectivity index is 0.00000240. The van der Waals surface area contributed by atoms with Gasteiger partial charge in [-0.3, -0.25) is 0 Å². The molecule has 2 aromatic rings. The third kappa shape index (κ3) is 6.93. The van der Waals surface area contributed by atoms with E-state index in [1.807, 2.05) is 36.4 Å².